The zero-order valence-electron chi connectivity index (χ0n) is 19.9. The van der Waals surface area contributed by atoms with Crippen LogP contribution < -0.4 is 15.8 Å². The number of amides is 1. The number of nitrogens with zero attached hydrogens (tertiary/aromatic N) is 4. The molecule has 1 aliphatic rings. The first-order chi connectivity index (χ1) is 17.1. The molecule has 0 bridgehead atoms. The summed E-state index contributed by atoms with van der Waals surface area (Å²) in [4.78, 5) is 37.8. The summed E-state index contributed by atoms with van der Waals surface area (Å²) < 4.78 is 1.69. The Morgan fingerprint density at radius 3 is 2.69 bits per heavy atom. The number of aryl methyl sites for hydroxylation is 1. The average Bonchev–Trinajstić information content (AvgIpc) is 2.90. The van der Waals surface area contributed by atoms with E-state index in [1.54, 1.807) is 10.8 Å². The van der Waals surface area contributed by atoms with E-state index in [1.165, 1.54) is 0 Å². The maximum absolute atomic E-state index is 13.6. The molecule has 0 aliphatic carbocycles. The molecule has 0 radical (unpaired) electrons. The molecular formula is C28H29N5O2. The summed E-state index contributed by atoms with van der Waals surface area (Å²) >= 11 is 0. The number of carbonyl (C=O) groups is 1. The topological polar surface area (TPSA) is 80.1 Å². The van der Waals surface area contributed by atoms with Crippen LogP contribution in [-0.2, 0) is 17.9 Å². The first kappa shape index (κ1) is 22.8. The van der Waals surface area contributed by atoms with Crippen molar-refractivity contribution in [2.24, 2.45) is 5.92 Å². The molecule has 1 saturated heterocycles. The van der Waals surface area contributed by atoms with E-state index in [0.717, 1.165) is 29.5 Å². The zero-order valence-corrected chi connectivity index (χ0v) is 19.9. The second-order valence-electron chi connectivity index (χ2n) is 9.09. The molecule has 0 saturated carbocycles. The number of nitrogens with one attached hydrogen (secondary N) is 1. The lowest BCUT2D eigenvalue weighted by Gasteiger charge is -2.32. The van der Waals surface area contributed by atoms with Gasteiger partial charge in [-0.25, -0.2) is 9.97 Å². The number of piperidine rings is 1. The fourth-order valence-corrected chi connectivity index (χ4v) is 4.70. The lowest BCUT2D eigenvalue weighted by atomic mass is 9.97. The minimum absolute atomic E-state index is 0.0185. The Kier molecular flexibility index (Phi) is 6.57. The summed E-state index contributed by atoms with van der Waals surface area (Å²) in [5.41, 5.74) is 4.35. The second kappa shape index (κ2) is 10.1. The van der Waals surface area contributed by atoms with Crippen LogP contribution in [0.1, 0.15) is 29.5 Å². The normalized spacial score (nSPS) is 15.8. The van der Waals surface area contributed by atoms with Crippen molar-refractivity contribution in [3.63, 3.8) is 0 Å². The minimum Gasteiger partial charge on any atom is -0.352 e. The Hall–Kier alpha value is -4.00. The van der Waals surface area contributed by atoms with E-state index in [-0.39, 0.29) is 17.4 Å². The quantitative estimate of drug-likeness (QED) is 0.468. The van der Waals surface area contributed by atoms with Crippen molar-refractivity contribution in [1.29, 1.82) is 0 Å². The molecule has 1 unspecified atom stereocenters. The predicted octanol–water partition coefficient (Wildman–Crippen LogP) is 3.68. The molecule has 1 fully saturated rings. The van der Waals surface area contributed by atoms with E-state index in [0.29, 0.717) is 43.2 Å². The summed E-state index contributed by atoms with van der Waals surface area (Å²) in [6, 6.07) is 21.6. The smallest absolute Gasteiger partial charge is 0.295 e. The number of pyridine rings is 1. The van der Waals surface area contributed by atoms with E-state index in [9.17, 15) is 9.59 Å². The lowest BCUT2D eigenvalue weighted by molar-refractivity contribution is -0.125. The van der Waals surface area contributed by atoms with Gasteiger partial charge in [0.15, 0.2) is 11.5 Å². The highest BCUT2D eigenvalue weighted by molar-refractivity contribution is 5.79. The van der Waals surface area contributed by atoms with Crippen LogP contribution >= 0.6 is 0 Å². The molecule has 0 spiro atoms. The Balaban J connectivity index is 1.39. The van der Waals surface area contributed by atoms with Gasteiger partial charge in [-0.15, -0.1) is 0 Å². The molecule has 4 aromatic rings. The highest BCUT2D eigenvalue weighted by atomic mass is 16.2. The third kappa shape index (κ3) is 4.94. The summed E-state index contributed by atoms with van der Waals surface area (Å²) in [5.74, 6) is 0.212. The molecule has 35 heavy (non-hydrogen) atoms. The zero-order chi connectivity index (χ0) is 24.2. The number of rotatable bonds is 6. The maximum atomic E-state index is 13.6. The molecular weight excluding hydrogens is 438 g/mol. The van der Waals surface area contributed by atoms with Gasteiger partial charge in [0.1, 0.15) is 5.52 Å². The van der Waals surface area contributed by atoms with Gasteiger partial charge >= 0.3 is 0 Å². The molecule has 2 aromatic heterocycles. The van der Waals surface area contributed by atoms with E-state index >= 15 is 0 Å². The number of hydrogen-bond acceptors (Lipinski definition) is 5. The number of hydrogen-bond donors (Lipinski definition) is 1. The first-order valence-electron chi connectivity index (χ1n) is 12.1. The van der Waals surface area contributed by atoms with Crippen LogP contribution in [0, 0.1) is 12.8 Å². The Morgan fingerprint density at radius 2 is 1.86 bits per heavy atom. The lowest BCUT2D eigenvalue weighted by Crippen LogP contribution is -2.45. The van der Waals surface area contributed by atoms with Crippen molar-refractivity contribution in [1.82, 2.24) is 19.9 Å². The summed E-state index contributed by atoms with van der Waals surface area (Å²) in [6.07, 6.45) is 3.30. The monoisotopic (exact) mass is 467 g/mol. The van der Waals surface area contributed by atoms with Crippen LogP contribution in [-0.4, -0.2) is 33.5 Å². The Labute approximate surface area is 204 Å². The fraction of sp³-hybridized carbons (Fsp3) is 0.286. The van der Waals surface area contributed by atoms with Crippen LogP contribution in [0.4, 0.5) is 5.82 Å². The number of carbonyl (C=O) groups excluding carboxylic acids is 1. The van der Waals surface area contributed by atoms with Gasteiger partial charge in [0.25, 0.3) is 5.56 Å². The molecule has 1 amide bonds. The van der Waals surface area contributed by atoms with Crippen molar-refractivity contribution < 1.29 is 4.79 Å². The largest absolute Gasteiger partial charge is 0.352 e. The average molecular weight is 468 g/mol. The third-order valence-electron chi connectivity index (χ3n) is 6.67. The van der Waals surface area contributed by atoms with Gasteiger partial charge in [0.05, 0.1) is 12.5 Å². The van der Waals surface area contributed by atoms with Crippen molar-refractivity contribution in [3.05, 3.63) is 100.0 Å². The van der Waals surface area contributed by atoms with Gasteiger partial charge in [0, 0.05) is 25.8 Å². The number of aromatic nitrogens is 3. The second-order valence-corrected chi connectivity index (χ2v) is 9.09. The van der Waals surface area contributed by atoms with Crippen molar-refractivity contribution >= 4 is 22.9 Å². The Bertz CT molecular complexity index is 1400. The third-order valence-corrected chi connectivity index (χ3v) is 6.67. The molecule has 5 rings (SSSR count). The van der Waals surface area contributed by atoms with Gasteiger partial charge < -0.3 is 10.2 Å². The first-order valence-corrected chi connectivity index (χ1v) is 12.1. The highest BCUT2D eigenvalue weighted by Crippen LogP contribution is 2.22. The molecule has 1 aliphatic heterocycles. The fourth-order valence-electron chi connectivity index (χ4n) is 4.70. The van der Waals surface area contributed by atoms with Crippen LogP contribution in [0.25, 0.3) is 11.2 Å². The summed E-state index contributed by atoms with van der Waals surface area (Å²) in [5, 5.41) is 3.09. The molecule has 178 valence electrons. The van der Waals surface area contributed by atoms with Gasteiger partial charge in [-0.1, -0.05) is 54.6 Å². The van der Waals surface area contributed by atoms with Crippen LogP contribution in [0.15, 0.2) is 77.7 Å². The molecule has 7 heteroatoms. The SMILES string of the molecule is Cc1ccccc1CNC(=O)C1CCCN(c2nc3cccnc3n(Cc3ccccc3)c2=O)C1. The van der Waals surface area contributed by atoms with Crippen molar-refractivity contribution in [2.75, 3.05) is 18.0 Å². The van der Waals surface area contributed by atoms with E-state index < -0.39 is 0 Å². The summed E-state index contributed by atoms with van der Waals surface area (Å²) in [7, 11) is 0. The van der Waals surface area contributed by atoms with Crippen molar-refractivity contribution in [2.45, 2.75) is 32.9 Å². The van der Waals surface area contributed by atoms with E-state index in [2.05, 4.69) is 10.3 Å². The van der Waals surface area contributed by atoms with Crippen LogP contribution in [0.5, 0.6) is 0 Å². The molecule has 1 atom stereocenters. The van der Waals surface area contributed by atoms with Crippen LogP contribution in [0.2, 0.25) is 0 Å². The molecule has 1 N–H and O–H groups in total. The minimum atomic E-state index is -0.193. The maximum Gasteiger partial charge on any atom is 0.295 e. The summed E-state index contributed by atoms with van der Waals surface area (Å²) in [6.45, 7) is 4.13. The van der Waals surface area contributed by atoms with Crippen LogP contribution in [0.3, 0.4) is 0 Å². The van der Waals surface area contributed by atoms with E-state index in [1.807, 2.05) is 78.6 Å². The molecule has 3 heterocycles. The molecule has 2 aromatic carbocycles. The standard InChI is InChI=1S/C28H29N5O2/c1-20-9-5-6-12-22(20)17-30-27(34)23-13-8-16-32(19-23)26-28(35)33(18-21-10-3-2-4-11-21)25-24(31-26)14-7-15-29-25/h2-7,9-12,14-15,23H,8,13,16-19H2,1H3,(H,30,34). The molecule has 7 nitrogen and oxygen atoms in total. The number of fused-ring (bicyclic) bond motifs is 1. The van der Waals surface area contributed by atoms with Gasteiger partial charge in [0.2, 0.25) is 5.91 Å². The van der Waals surface area contributed by atoms with E-state index in [4.69, 9.17) is 4.98 Å². The Morgan fingerprint density at radius 1 is 1.06 bits per heavy atom. The van der Waals surface area contributed by atoms with Gasteiger partial charge in [-0.3, -0.25) is 14.2 Å². The van der Waals surface area contributed by atoms with Gasteiger partial charge in [-0.05, 0) is 48.6 Å². The highest BCUT2D eigenvalue weighted by Gasteiger charge is 2.28. The number of anilines is 1. The van der Waals surface area contributed by atoms with Crippen molar-refractivity contribution in [3.8, 4) is 0 Å². The number of benzene rings is 2. The van der Waals surface area contributed by atoms with Gasteiger partial charge in [-0.2, -0.15) is 0 Å². The predicted molar refractivity (Wildman–Crippen MR) is 137 cm³/mol.